The lowest BCUT2D eigenvalue weighted by molar-refractivity contribution is -0.274. The van der Waals surface area contributed by atoms with Gasteiger partial charge in [-0.3, -0.25) is 4.90 Å². The number of hydrogen-bond donors (Lipinski definition) is 1. The Bertz CT molecular complexity index is 1030. The molecule has 0 saturated carbocycles. The number of alkyl halides is 3. The lowest BCUT2D eigenvalue weighted by Gasteiger charge is -2.34. The van der Waals surface area contributed by atoms with Crippen LogP contribution >= 0.6 is 11.3 Å². The molecule has 4 rings (SSSR count). The van der Waals surface area contributed by atoms with Crippen LogP contribution in [0.1, 0.15) is 34.0 Å². The molecular weight excluding hydrogens is 423 g/mol. The molecule has 1 aliphatic rings. The first kappa shape index (κ1) is 21.6. The van der Waals surface area contributed by atoms with Gasteiger partial charge in [0.2, 0.25) is 0 Å². The van der Waals surface area contributed by atoms with Crippen molar-refractivity contribution >= 4 is 16.9 Å². The van der Waals surface area contributed by atoms with Crippen LogP contribution in [0.3, 0.4) is 0 Å². The fraction of sp³-hybridized carbons (Fsp3) is 0.250. The van der Waals surface area contributed by atoms with Gasteiger partial charge < -0.3 is 9.84 Å². The minimum absolute atomic E-state index is 0.0159. The van der Waals surface area contributed by atoms with Crippen molar-refractivity contribution in [3.63, 3.8) is 0 Å². The Hall–Kier alpha value is -2.61. The van der Waals surface area contributed by atoms with Crippen molar-refractivity contribution < 1.29 is 23.0 Å². The smallest absolute Gasteiger partial charge is 0.406 e. The van der Waals surface area contributed by atoms with Crippen LogP contribution in [0, 0.1) is 0 Å². The normalized spacial score (nSPS) is 17.4. The van der Waals surface area contributed by atoms with Gasteiger partial charge in [0.15, 0.2) is 0 Å². The summed E-state index contributed by atoms with van der Waals surface area (Å²) in [7, 11) is 0. The van der Waals surface area contributed by atoms with E-state index in [4.69, 9.17) is 0 Å². The summed E-state index contributed by atoms with van der Waals surface area (Å²) >= 11 is 1.67. The zero-order chi connectivity index (χ0) is 21.8. The van der Waals surface area contributed by atoms with E-state index in [0.29, 0.717) is 6.54 Å². The van der Waals surface area contributed by atoms with Gasteiger partial charge in [0.25, 0.3) is 0 Å². The van der Waals surface area contributed by atoms with Crippen molar-refractivity contribution in [1.29, 1.82) is 0 Å². The largest absolute Gasteiger partial charge is 0.573 e. The van der Waals surface area contributed by atoms with Gasteiger partial charge in [0.1, 0.15) is 5.75 Å². The summed E-state index contributed by atoms with van der Waals surface area (Å²) in [5.74, 6) is -0.199. The molecular formula is C24H22F3NO2S. The Kier molecular flexibility index (Phi) is 6.46. The SMILES string of the molecule is OCc1ccc(C2=CC(c3cccs3)N(Cc3cccc(OC(F)(F)F)c3)CC2)cc1. The summed E-state index contributed by atoms with van der Waals surface area (Å²) in [6.45, 7) is 1.31. The second kappa shape index (κ2) is 9.26. The van der Waals surface area contributed by atoms with Crippen LogP contribution in [0.25, 0.3) is 5.57 Å². The van der Waals surface area contributed by atoms with Crippen molar-refractivity contribution in [2.45, 2.75) is 32.0 Å². The second-order valence-electron chi connectivity index (χ2n) is 7.42. The summed E-state index contributed by atoms with van der Waals surface area (Å²) in [5, 5.41) is 11.3. The van der Waals surface area contributed by atoms with E-state index < -0.39 is 6.36 Å². The highest BCUT2D eigenvalue weighted by Crippen LogP contribution is 2.37. The predicted molar refractivity (Wildman–Crippen MR) is 116 cm³/mol. The lowest BCUT2D eigenvalue weighted by atomic mass is 9.94. The summed E-state index contributed by atoms with van der Waals surface area (Å²) in [4.78, 5) is 3.45. The summed E-state index contributed by atoms with van der Waals surface area (Å²) < 4.78 is 41.8. The van der Waals surface area contributed by atoms with E-state index in [1.54, 1.807) is 17.4 Å². The number of rotatable bonds is 6. The molecule has 3 nitrogen and oxygen atoms in total. The van der Waals surface area contributed by atoms with Gasteiger partial charge in [-0.2, -0.15) is 0 Å². The highest BCUT2D eigenvalue weighted by molar-refractivity contribution is 7.10. The van der Waals surface area contributed by atoms with E-state index in [2.05, 4.69) is 21.8 Å². The van der Waals surface area contributed by atoms with E-state index in [1.165, 1.54) is 22.6 Å². The first-order valence-corrected chi connectivity index (χ1v) is 10.8. The lowest BCUT2D eigenvalue weighted by Crippen LogP contribution is -2.31. The van der Waals surface area contributed by atoms with Crippen LogP contribution in [0.2, 0.25) is 0 Å². The van der Waals surface area contributed by atoms with Gasteiger partial charge in [-0.05, 0) is 52.3 Å². The molecule has 0 radical (unpaired) electrons. The van der Waals surface area contributed by atoms with Crippen LogP contribution in [-0.2, 0) is 13.2 Å². The number of aliphatic hydroxyl groups excluding tert-OH is 1. The van der Waals surface area contributed by atoms with Crippen molar-refractivity contribution in [3.8, 4) is 5.75 Å². The van der Waals surface area contributed by atoms with Crippen LogP contribution in [-0.4, -0.2) is 22.9 Å². The monoisotopic (exact) mass is 445 g/mol. The minimum atomic E-state index is -4.70. The number of thiophene rings is 1. The molecule has 7 heteroatoms. The fourth-order valence-electron chi connectivity index (χ4n) is 3.82. The molecule has 1 N–H and O–H groups in total. The first-order chi connectivity index (χ1) is 14.9. The Morgan fingerprint density at radius 2 is 1.84 bits per heavy atom. The average Bonchev–Trinajstić information content (AvgIpc) is 3.28. The molecule has 2 aromatic carbocycles. The molecule has 1 aliphatic heterocycles. The van der Waals surface area contributed by atoms with Gasteiger partial charge >= 0.3 is 6.36 Å². The summed E-state index contributed by atoms with van der Waals surface area (Å²) in [5.41, 5.74) is 4.00. The third kappa shape index (κ3) is 5.55. The van der Waals surface area contributed by atoms with Crippen LogP contribution in [0.4, 0.5) is 13.2 Å². The average molecular weight is 446 g/mol. The van der Waals surface area contributed by atoms with Crippen molar-refractivity contribution in [3.05, 3.63) is 93.7 Å². The number of aliphatic hydroxyl groups is 1. The van der Waals surface area contributed by atoms with E-state index in [1.807, 2.05) is 41.8 Å². The maximum absolute atomic E-state index is 12.6. The summed E-state index contributed by atoms with van der Waals surface area (Å²) in [6.07, 6.45) is -1.63. The number of benzene rings is 2. The topological polar surface area (TPSA) is 32.7 Å². The van der Waals surface area contributed by atoms with Crippen molar-refractivity contribution in [2.75, 3.05) is 6.54 Å². The molecule has 0 bridgehead atoms. The highest BCUT2D eigenvalue weighted by atomic mass is 32.1. The van der Waals surface area contributed by atoms with Gasteiger partial charge in [0.05, 0.1) is 12.6 Å². The standard InChI is InChI=1S/C24H22F3NO2S/c25-24(26,27)30-21-4-1-3-18(13-21)15-28-11-10-20(14-22(28)23-5-2-12-31-23)19-8-6-17(16-29)7-9-19/h1-9,12-14,22,29H,10-11,15-16H2. The molecule has 0 spiro atoms. The van der Waals surface area contributed by atoms with Gasteiger partial charge in [0, 0.05) is 18.0 Å². The van der Waals surface area contributed by atoms with E-state index >= 15 is 0 Å². The maximum Gasteiger partial charge on any atom is 0.573 e. The molecule has 1 unspecified atom stereocenters. The molecule has 0 fully saturated rings. The minimum Gasteiger partial charge on any atom is -0.406 e. The van der Waals surface area contributed by atoms with E-state index in [9.17, 15) is 18.3 Å². The Morgan fingerprint density at radius 3 is 2.52 bits per heavy atom. The fourth-order valence-corrected chi connectivity index (χ4v) is 4.65. The second-order valence-corrected chi connectivity index (χ2v) is 8.40. The molecule has 0 amide bonds. The Morgan fingerprint density at radius 1 is 1.03 bits per heavy atom. The number of nitrogens with zero attached hydrogens (tertiary/aromatic N) is 1. The van der Waals surface area contributed by atoms with Crippen LogP contribution < -0.4 is 4.74 Å². The molecule has 3 aromatic rings. The highest BCUT2D eigenvalue weighted by Gasteiger charge is 2.31. The molecule has 1 atom stereocenters. The Labute approximate surface area is 183 Å². The Balaban J connectivity index is 1.58. The van der Waals surface area contributed by atoms with Crippen LogP contribution in [0.15, 0.2) is 72.1 Å². The molecule has 1 aromatic heterocycles. The van der Waals surface area contributed by atoms with Gasteiger partial charge in [-0.1, -0.05) is 48.5 Å². The maximum atomic E-state index is 12.6. The number of halogens is 3. The molecule has 0 saturated heterocycles. The molecule has 31 heavy (non-hydrogen) atoms. The first-order valence-electron chi connectivity index (χ1n) is 9.94. The zero-order valence-corrected chi connectivity index (χ0v) is 17.5. The number of hydrogen-bond acceptors (Lipinski definition) is 4. The third-order valence-corrected chi connectivity index (χ3v) is 6.22. The molecule has 2 heterocycles. The quantitative estimate of drug-likeness (QED) is 0.493. The molecule has 0 aliphatic carbocycles. The summed E-state index contributed by atoms with van der Waals surface area (Å²) in [6, 6.07) is 18.2. The zero-order valence-electron chi connectivity index (χ0n) is 16.7. The number of ether oxygens (including phenoxy) is 1. The third-order valence-electron chi connectivity index (χ3n) is 5.28. The van der Waals surface area contributed by atoms with Gasteiger partial charge in [-0.25, -0.2) is 0 Å². The van der Waals surface area contributed by atoms with Gasteiger partial charge in [-0.15, -0.1) is 24.5 Å². The van der Waals surface area contributed by atoms with Crippen molar-refractivity contribution in [2.24, 2.45) is 0 Å². The van der Waals surface area contributed by atoms with Crippen molar-refractivity contribution in [1.82, 2.24) is 4.90 Å². The van der Waals surface area contributed by atoms with E-state index in [0.717, 1.165) is 29.7 Å². The molecule has 162 valence electrons. The predicted octanol–water partition coefficient (Wildman–Crippen LogP) is 6.17. The van der Waals surface area contributed by atoms with Crippen LogP contribution in [0.5, 0.6) is 5.75 Å². The van der Waals surface area contributed by atoms with E-state index in [-0.39, 0.29) is 18.4 Å².